The maximum absolute atomic E-state index is 5.51. The Bertz CT molecular complexity index is 551. The molecule has 0 aliphatic carbocycles. The molecule has 0 aromatic carbocycles. The molecule has 5 heteroatoms. The number of nitrogens with zero attached hydrogens (tertiary/aromatic N) is 2. The van der Waals surface area contributed by atoms with Gasteiger partial charge in [0.2, 0.25) is 0 Å². The van der Waals surface area contributed by atoms with Crippen LogP contribution in [0.5, 0.6) is 0 Å². The molecule has 2 aromatic rings. The largest absolute Gasteiger partial charge is 0.446 e. The highest BCUT2D eigenvalue weighted by Crippen LogP contribution is 2.25. The number of hydrogen-bond acceptors (Lipinski definition) is 4. The summed E-state index contributed by atoms with van der Waals surface area (Å²) in [5.41, 5.74) is 2.15. The van der Waals surface area contributed by atoms with Crippen LogP contribution in [0.2, 0.25) is 0 Å². The summed E-state index contributed by atoms with van der Waals surface area (Å²) in [6.45, 7) is 7.02. The predicted molar refractivity (Wildman–Crippen MR) is 75.7 cm³/mol. The summed E-state index contributed by atoms with van der Waals surface area (Å²) < 4.78 is 6.19. The standard InChI is InChI=1S/C13H16BrN3O/c1-4-9-8(3)12(15-5-2)17-13(16-9)10-6-7-11(14)18-10/h6-7H,4-5H2,1-3H3,(H,15,16,17). The summed E-state index contributed by atoms with van der Waals surface area (Å²) in [6.07, 6.45) is 0.877. The Kier molecular flexibility index (Phi) is 4.01. The van der Waals surface area contributed by atoms with E-state index in [1.165, 1.54) is 0 Å². The van der Waals surface area contributed by atoms with E-state index in [-0.39, 0.29) is 0 Å². The first-order valence-electron chi connectivity index (χ1n) is 6.02. The number of aryl methyl sites for hydroxylation is 1. The minimum atomic E-state index is 0.624. The summed E-state index contributed by atoms with van der Waals surface area (Å²) in [7, 11) is 0. The van der Waals surface area contributed by atoms with E-state index in [4.69, 9.17) is 4.42 Å². The van der Waals surface area contributed by atoms with Crippen molar-refractivity contribution in [2.24, 2.45) is 0 Å². The number of nitrogens with one attached hydrogen (secondary N) is 1. The summed E-state index contributed by atoms with van der Waals surface area (Å²) in [6, 6.07) is 3.71. The van der Waals surface area contributed by atoms with Crippen LogP contribution in [0, 0.1) is 6.92 Å². The normalized spacial score (nSPS) is 10.7. The summed E-state index contributed by atoms with van der Waals surface area (Å²) in [4.78, 5) is 9.07. The van der Waals surface area contributed by atoms with Gasteiger partial charge < -0.3 is 9.73 Å². The molecule has 4 nitrogen and oxygen atoms in total. The second-order valence-electron chi connectivity index (χ2n) is 3.96. The van der Waals surface area contributed by atoms with Crippen LogP contribution in [0.3, 0.4) is 0 Å². The topological polar surface area (TPSA) is 51.0 Å². The van der Waals surface area contributed by atoms with Gasteiger partial charge in [0.15, 0.2) is 16.3 Å². The smallest absolute Gasteiger partial charge is 0.197 e. The molecule has 0 bridgehead atoms. The molecule has 0 unspecified atom stereocenters. The molecule has 0 spiro atoms. The number of anilines is 1. The molecule has 0 atom stereocenters. The third kappa shape index (κ3) is 2.56. The summed E-state index contributed by atoms with van der Waals surface area (Å²) in [5.74, 6) is 2.18. The van der Waals surface area contributed by atoms with Gasteiger partial charge in [0.05, 0.1) is 0 Å². The van der Waals surface area contributed by atoms with Gasteiger partial charge in [0.25, 0.3) is 0 Å². The van der Waals surface area contributed by atoms with Crippen molar-refractivity contribution in [3.8, 4) is 11.6 Å². The van der Waals surface area contributed by atoms with Crippen molar-refractivity contribution in [3.05, 3.63) is 28.1 Å². The molecule has 1 N–H and O–H groups in total. The average molecular weight is 310 g/mol. The van der Waals surface area contributed by atoms with Gasteiger partial charge >= 0.3 is 0 Å². The van der Waals surface area contributed by atoms with Crippen LogP contribution in [0.1, 0.15) is 25.1 Å². The Morgan fingerprint density at radius 2 is 2.06 bits per heavy atom. The van der Waals surface area contributed by atoms with E-state index in [2.05, 4.69) is 45.1 Å². The van der Waals surface area contributed by atoms with Crippen LogP contribution in [-0.2, 0) is 6.42 Å². The van der Waals surface area contributed by atoms with Crippen molar-refractivity contribution in [2.75, 3.05) is 11.9 Å². The van der Waals surface area contributed by atoms with E-state index < -0.39 is 0 Å². The Morgan fingerprint density at radius 3 is 2.61 bits per heavy atom. The van der Waals surface area contributed by atoms with Crippen LogP contribution in [-0.4, -0.2) is 16.5 Å². The van der Waals surface area contributed by atoms with Gasteiger partial charge in [-0.25, -0.2) is 9.97 Å². The van der Waals surface area contributed by atoms with Crippen molar-refractivity contribution in [2.45, 2.75) is 27.2 Å². The number of rotatable bonds is 4. The number of furan rings is 1. The minimum Gasteiger partial charge on any atom is -0.446 e. The van der Waals surface area contributed by atoms with E-state index in [9.17, 15) is 0 Å². The van der Waals surface area contributed by atoms with E-state index >= 15 is 0 Å². The highest BCUT2D eigenvalue weighted by molar-refractivity contribution is 9.10. The van der Waals surface area contributed by atoms with Crippen molar-refractivity contribution >= 4 is 21.7 Å². The second kappa shape index (κ2) is 5.52. The number of aromatic nitrogens is 2. The lowest BCUT2D eigenvalue weighted by molar-refractivity contribution is 0.551. The SMILES string of the molecule is CCNc1nc(-c2ccc(Br)o2)nc(CC)c1C. The fourth-order valence-electron chi connectivity index (χ4n) is 1.79. The van der Waals surface area contributed by atoms with Gasteiger partial charge in [-0.1, -0.05) is 6.92 Å². The fourth-order valence-corrected chi connectivity index (χ4v) is 2.10. The maximum atomic E-state index is 5.51. The summed E-state index contributed by atoms with van der Waals surface area (Å²) >= 11 is 3.29. The molecule has 96 valence electrons. The number of halogens is 1. The molecule has 2 aromatic heterocycles. The third-order valence-corrected chi connectivity index (χ3v) is 3.15. The lowest BCUT2D eigenvalue weighted by Crippen LogP contribution is -2.07. The Hall–Kier alpha value is -1.36. The third-order valence-electron chi connectivity index (χ3n) is 2.72. The van der Waals surface area contributed by atoms with E-state index in [0.29, 0.717) is 16.3 Å². The van der Waals surface area contributed by atoms with Crippen molar-refractivity contribution in [1.29, 1.82) is 0 Å². The van der Waals surface area contributed by atoms with Gasteiger partial charge in [-0.15, -0.1) is 0 Å². The summed E-state index contributed by atoms with van der Waals surface area (Å²) in [5, 5.41) is 3.26. The zero-order chi connectivity index (χ0) is 13.1. The van der Waals surface area contributed by atoms with Crippen LogP contribution < -0.4 is 5.32 Å². The van der Waals surface area contributed by atoms with Gasteiger partial charge in [0.1, 0.15) is 5.82 Å². The van der Waals surface area contributed by atoms with E-state index in [0.717, 1.165) is 30.0 Å². The van der Waals surface area contributed by atoms with Crippen LogP contribution >= 0.6 is 15.9 Å². The first-order chi connectivity index (χ1) is 8.65. The molecular formula is C13H16BrN3O. The molecule has 2 rings (SSSR count). The maximum Gasteiger partial charge on any atom is 0.197 e. The Morgan fingerprint density at radius 1 is 1.28 bits per heavy atom. The van der Waals surface area contributed by atoms with Gasteiger partial charge in [0, 0.05) is 17.8 Å². The predicted octanol–water partition coefficient (Wildman–Crippen LogP) is 3.80. The van der Waals surface area contributed by atoms with Crippen LogP contribution in [0.15, 0.2) is 21.2 Å². The van der Waals surface area contributed by atoms with Crippen molar-refractivity contribution in [3.63, 3.8) is 0 Å². The number of hydrogen-bond donors (Lipinski definition) is 1. The fraction of sp³-hybridized carbons (Fsp3) is 0.385. The second-order valence-corrected chi connectivity index (χ2v) is 4.74. The lowest BCUT2D eigenvalue weighted by atomic mass is 10.2. The lowest BCUT2D eigenvalue weighted by Gasteiger charge is -2.11. The molecule has 18 heavy (non-hydrogen) atoms. The molecule has 0 aliphatic rings. The molecule has 0 saturated carbocycles. The van der Waals surface area contributed by atoms with Crippen LogP contribution in [0.4, 0.5) is 5.82 Å². The molecule has 0 aliphatic heterocycles. The zero-order valence-electron chi connectivity index (χ0n) is 10.7. The molecule has 0 amide bonds. The minimum absolute atomic E-state index is 0.624. The van der Waals surface area contributed by atoms with Gasteiger partial charge in [-0.05, 0) is 48.3 Å². The molecule has 0 fully saturated rings. The monoisotopic (exact) mass is 309 g/mol. The molecule has 2 heterocycles. The van der Waals surface area contributed by atoms with Crippen LogP contribution in [0.25, 0.3) is 11.6 Å². The van der Waals surface area contributed by atoms with E-state index in [1.807, 2.05) is 19.1 Å². The van der Waals surface area contributed by atoms with Gasteiger partial charge in [-0.2, -0.15) is 0 Å². The van der Waals surface area contributed by atoms with E-state index in [1.54, 1.807) is 0 Å². The molecular weight excluding hydrogens is 294 g/mol. The van der Waals surface area contributed by atoms with Gasteiger partial charge in [-0.3, -0.25) is 0 Å². The molecule has 0 radical (unpaired) electrons. The highest BCUT2D eigenvalue weighted by Gasteiger charge is 2.13. The Labute approximate surface area is 115 Å². The highest BCUT2D eigenvalue weighted by atomic mass is 79.9. The zero-order valence-corrected chi connectivity index (χ0v) is 12.3. The molecule has 0 saturated heterocycles. The first kappa shape index (κ1) is 13.1. The van der Waals surface area contributed by atoms with Crippen molar-refractivity contribution in [1.82, 2.24) is 9.97 Å². The Balaban J connectivity index is 2.51. The quantitative estimate of drug-likeness (QED) is 0.933. The van der Waals surface area contributed by atoms with Crippen molar-refractivity contribution < 1.29 is 4.42 Å². The first-order valence-corrected chi connectivity index (χ1v) is 6.82. The average Bonchev–Trinajstić information content (AvgIpc) is 2.79.